The maximum absolute atomic E-state index is 12.4. The molecular formula is C14H14F3NO6S. The molecule has 7 nitrogen and oxygen atoms in total. The number of hydrogen-bond acceptors (Lipinski definition) is 6. The van der Waals surface area contributed by atoms with Gasteiger partial charge in [-0.1, -0.05) is 12.1 Å². The summed E-state index contributed by atoms with van der Waals surface area (Å²) in [6.07, 6.45) is -2.63. The van der Waals surface area contributed by atoms with Gasteiger partial charge in [0, 0.05) is 6.42 Å². The minimum absolute atomic E-state index is 0.215. The topological polar surface area (TPSA) is 90.0 Å². The minimum Gasteiger partial charge on any atom is -0.497 e. The molecular weight excluding hydrogens is 367 g/mol. The molecule has 0 spiro atoms. The highest BCUT2D eigenvalue weighted by Gasteiger charge is 2.50. The van der Waals surface area contributed by atoms with Crippen LogP contribution in [0.5, 0.6) is 5.75 Å². The number of carbonyl (C=O) groups excluding carboxylic acids is 2. The molecule has 0 aromatic heterocycles. The van der Waals surface area contributed by atoms with Gasteiger partial charge in [0.2, 0.25) is 5.91 Å². The van der Waals surface area contributed by atoms with Gasteiger partial charge in [-0.15, -0.1) is 0 Å². The predicted molar refractivity (Wildman–Crippen MR) is 77.6 cm³/mol. The van der Waals surface area contributed by atoms with Gasteiger partial charge in [0.15, 0.2) is 6.10 Å². The summed E-state index contributed by atoms with van der Waals surface area (Å²) in [5.74, 6) is -1.21. The Balaban J connectivity index is 2.15. The summed E-state index contributed by atoms with van der Waals surface area (Å²) < 4.78 is 68.3. The molecule has 1 saturated heterocycles. The van der Waals surface area contributed by atoms with E-state index in [1.807, 2.05) is 0 Å². The summed E-state index contributed by atoms with van der Waals surface area (Å²) in [5, 5.41) is 0. The molecule has 2 amide bonds. The van der Waals surface area contributed by atoms with Crippen LogP contribution in [-0.4, -0.2) is 43.9 Å². The smallest absolute Gasteiger partial charge is 0.497 e. The molecule has 2 rings (SSSR count). The molecule has 1 aliphatic rings. The van der Waals surface area contributed by atoms with Crippen LogP contribution in [0.2, 0.25) is 0 Å². The number of methoxy groups -OCH3 is 1. The molecule has 138 valence electrons. The second kappa shape index (κ2) is 7.00. The highest BCUT2D eigenvalue weighted by Crippen LogP contribution is 2.29. The number of piperidine rings is 1. The van der Waals surface area contributed by atoms with Gasteiger partial charge < -0.3 is 4.74 Å². The molecule has 1 aromatic rings. The van der Waals surface area contributed by atoms with Crippen molar-refractivity contribution in [2.45, 2.75) is 31.0 Å². The maximum atomic E-state index is 12.4. The van der Waals surface area contributed by atoms with E-state index >= 15 is 0 Å². The number of likely N-dealkylation sites (tertiary alicyclic amines) is 1. The highest BCUT2D eigenvalue weighted by atomic mass is 32.2. The van der Waals surface area contributed by atoms with Gasteiger partial charge in [0.1, 0.15) is 5.75 Å². The Bertz CT molecular complexity index is 760. The Morgan fingerprint density at radius 3 is 2.32 bits per heavy atom. The van der Waals surface area contributed by atoms with E-state index in [0.717, 1.165) is 0 Å². The number of benzene rings is 1. The van der Waals surface area contributed by atoms with E-state index in [1.54, 1.807) is 24.3 Å². The number of halogens is 3. The van der Waals surface area contributed by atoms with Crippen molar-refractivity contribution < 1.29 is 40.1 Å². The fourth-order valence-corrected chi connectivity index (χ4v) is 2.78. The first-order chi connectivity index (χ1) is 11.5. The molecule has 25 heavy (non-hydrogen) atoms. The van der Waals surface area contributed by atoms with Crippen molar-refractivity contribution in [1.82, 2.24) is 4.90 Å². The van der Waals surface area contributed by atoms with Crippen molar-refractivity contribution in [1.29, 1.82) is 0 Å². The largest absolute Gasteiger partial charge is 0.523 e. The van der Waals surface area contributed by atoms with Gasteiger partial charge in [0.25, 0.3) is 5.91 Å². The van der Waals surface area contributed by atoms with Crippen LogP contribution >= 0.6 is 0 Å². The zero-order chi connectivity index (χ0) is 18.8. The fourth-order valence-electron chi connectivity index (χ4n) is 2.19. The van der Waals surface area contributed by atoms with Crippen LogP contribution in [0.15, 0.2) is 24.3 Å². The average Bonchev–Trinajstić information content (AvgIpc) is 2.53. The van der Waals surface area contributed by atoms with E-state index in [4.69, 9.17) is 4.74 Å². The normalized spacial score (nSPS) is 19.2. The quantitative estimate of drug-likeness (QED) is 0.437. The second-order valence-corrected chi connectivity index (χ2v) is 6.75. The number of nitrogens with zero attached hydrogens (tertiary/aromatic N) is 1. The summed E-state index contributed by atoms with van der Waals surface area (Å²) in [7, 11) is -4.47. The van der Waals surface area contributed by atoms with Crippen molar-refractivity contribution in [2.24, 2.45) is 0 Å². The maximum Gasteiger partial charge on any atom is 0.523 e. The number of amides is 2. The average molecular weight is 381 g/mol. The van der Waals surface area contributed by atoms with Gasteiger partial charge >= 0.3 is 15.6 Å². The number of imide groups is 1. The molecule has 1 aromatic carbocycles. The van der Waals surface area contributed by atoms with Crippen molar-refractivity contribution >= 4 is 21.9 Å². The Morgan fingerprint density at radius 1 is 1.20 bits per heavy atom. The monoisotopic (exact) mass is 381 g/mol. The van der Waals surface area contributed by atoms with Crippen molar-refractivity contribution in [3.05, 3.63) is 29.8 Å². The molecule has 1 aliphatic heterocycles. The summed E-state index contributed by atoms with van der Waals surface area (Å²) >= 11 is 0. The lowest BCUT2D eigenvalue weighted by molar-refractivity contribution is -0.155. The molecule has 1 fully saturated rings. The number of ether oxygens (including phenoxy) is 1. The Kier molecular flexibility index (Phi) is 5.37. The third-order valence-electron chi connectivity index (χ3n) is 3.49. The molecule has 0 aliphatic carbocycles. The van der Waals surface area contributed by atoms with Gasteiger partial charge in [-0.3, -0.25) is 14.5 Å². The van der Waals surface area contributed by atoms with E-state index in [-0.39, 0.29) is 13.0 Å². The molecule has 0 N–H and O–H groups in total. The standard InChI is InChI=1S/C14H14F3NO6S/c1-23-10-4-2-9(3-5-10)8-18-12(19)7-6-11(13(18)20)24-25(21,22)14(15,16)17/h2-5,11H,6-8H2,1H3/t11-/m1/s1. The Labute approximate surface area is 141 Å². The lowest BCUT2D eigenvalue weighted by Gasteiger charge is -2.30. The van der Waals surface area contributed by atoms with Crippen LogP contribution in [0, 0.1) is 0 Å². The van der Waals surface area contributed by atoms with E-state index < -0.39 is 40.0 Å². The molecule has 0 unspecified atom stereocenters. The fraction of sp³-hybridized carbons (Fsp3) is 0.429. The van der Waals surface area contributed by atoms with Crippen molar-refractivity contribution in [3.63, 3.8) is 0 Å². The molecule has 1 atom stereocenters. The van der Waals surface area contributed by atoms with E-state index in [9.17, 15) is 31.2 Å². The Hall–Kier alpha value is -2.14. The van der Waals surface area contributed by atoms with Crippen LogP contribution in [0.25, 0.3) is 0 Å². The van der Waals surface area contributed by atoms with Crippen molar-refractivity contribution in [3.8, 4) is 5.75 Å². The third kappa shape index (κ3) is 4.28. The number of hydrogen-bond donors (Lipinski definition) is 0. The zero-order valence-electron chi connectivity index (χ0n) is 12.9. The summed E-state index contributed by atoms with van der Waals surface area (Å²) in [4.78, 5) is 24.8. The highest BCUT2D eigenvalue weighted by molar-refractivity contribution is 7.87. The van der Waals surface area contributed by atoms with E-state index in [2.05, 4.69) is 4.18 Å². The lowest BCUT2D eigenvalue weighted by Crippen LogP contribution is -2.49. The van der Waals surface area contributed by atoms with Gasteiger partial charge in [-0.2, -0.15) is 21.6 Å². The summed E-state index contributed by atoms with van der Waals surface area (Å²) in [6, 6.07) is 6.29. The zero-order valence-corrected chi connectivity index (χ0v) is 13.8. The molecule has 0 saturated carbocycles. The second-order valence-electron chi connectivity index (χ2n) is 5.19. The predicted octanol–water partition coefficient (Wildman–Crippen LogP) is 1.58. The number of carbonyl (C=O) groups is 2. The van der Waals surface area contributed by atoms with Crippen LogP contribution in [0.4, 0.5) is 13.2 Å². The van der Waals surface area contributed by atoms with E-state index in [1.165, 1.54) is 7.11 Å². The van der Waals surface area contributed by atoms with Crippen molar-refractivity contribution in [2.75, 3.05) is 7.11 Å². The first-order valence-corrected chi connectivity index (χ1v) is 8.42. The summed E-state index contributed by atoms with van der Waals surface area (Å²) in [5.41, 5.74) is -5.13. The SMILES string of the molecule is COc1ccc(CN2C(=O)CC[C@@H](OS(=O)(=O)C(F)(F)F)C2=O)cc1. The minimum atomic E-state index is -5.93. The van der Waals surface area contributed by atoms with Gasteiger partial charge in [0.05, 0.1) is 13.7 Å². The molecule has 1 heterocycles. The van der Waals surface area contributed by atoms with Crippen LogP contribution in [-0.2, 0) is 30.4 Å². The van der Waals surface area contributed by atoms with Crippen LogP contribution in [0.1, 0.15) is 18.4 Å². The number of alkyl halides is 3. The lowest BCUT2D eigenvalue weighted by atomic mass is 10.1. The first-order valence-electron chi connectivity index (χ1n) is 7.02. The molecule has 0 bridgehead atoms. The molecule has 11 heteroatoms. The van der Waals surface area contributed by atoms with Gasteiger partial charge in [-0.25, -0.2) is 4.18 Å². The molecule has 0 radical (unpaired) electrons. The van der Waals surface area contributed by atoms with E-state index in [0.29, 0.717) is 16.2 Å². The Morgan fingerprint density at radius 2 is 1.80 bits per heavy atom. The number of rotatable bonds is 5. The first kappa shape index (κ1) is 19.2. The van der Waals surface area contributed by atoms with Crippen LogP contribution < -0.4 is 4.74 Å². The van der Waals surface area contributed by atoms with Crippen LogP contribution in [0.3, 0.4) is 0 Å². The van der Waals surface area contributed by atoms with Gasteiger partial charge in [-0.05, 0) is 24.1 Å². The summed E-state index contributed by atoms with van der Waals surface area (Å²) in [6.45, 7) is -0.215. The third-order valence-corrected chi connectivity index (χ3v) is 4.54.